The number of rotatable bonds is 7. The molecule has 3 N–H and O–H groups in total. The van der Waals surface area contributed by atoms with E-state index in [9.17, 15) is 14.9 Å². The highest BCUT2D eigenvalue weighted by atomic mass is 35.5. The van der Waals surface area contributed by atoms with Gasteiger partial charge in [-0.1, -0.05) is 20.8 Å². The SMILES string of the molecule is CC(C)(C)CC(NC1COCCN1C=NC(=O)OC1CCNCC1)C(=O)NC1(C#N)CCCC1.Cl. The van der Waals surface area contributed by atoms with E-state index in [2.05, 4.69) is 47.8 Å². The molecule has 2 unspecified atom stereocenters. The fourth-order valence-electron chi connectivity index (χ4n) is 4.74. The van der Waals surface area contributed by atoms with Crippen LogP contribution in [0.4, 0.5) is 4.79 Å². The van der Waals surface area contributed by atoms with Crippen molar-refractivity contribution in [2.24, 2.45) is 10.4 Å². The van der Waals surface area contributed by atoms with Gasteiger partial charge in [0.05, 0.1) is 31.7 Å². The first-order chi connectivity index (χ1) is 16.2. The topological polar surface area (TPSA) is 128 Å². The summed E-state index contributed by atoms with van der Waals surface area (Å²) in [6, 6.07) is 1.81. The summed E-state index contributed by atoms with van der Waals surface area (Å²) in [5.41, 5.74) is -0.894. The Labute approximate surface area is 215 Å². The minimum Gasteiger partial charge on any atom is -0.444 e. The lowest BCUT2D eigenvalue weighted by Crippen LogP contribution is -2.61. The predicted molar refractivity (Wildman–Crippen MR) is 135 cm³/mol. The number of hydrogen-bond acceptors (Lipinski definition) is 7. The number of aliphatic imine (C=N–C) groups is 1. The molecule has 0 aromatic heterocycles. The van der Waals surface area contributed by atoms with Crippen molar-refractivity contribution in [1.29, 1.82) is 5.26 Å². The summed E-state index contributed by atoms with van der Waals surface area (Å²) in [7, 11) is 0. The average Bonchev–Trinajstić information content (AvgIpc) is 3.27. The lowest BCUT2D eigenvalue weighted by molar-refractivity contribution is -0.126. The third kappa shape index (κ3) is 9.22. The van der Waals surface area contributed by atoms with E-state index in [4.69, 9.17) is 9.47 Å². The zero-order chi connectivity index (χ0) is 24.6. The maximum absolute atomic E-state index is 13.3. The summed E-state index contributed by atoms with van der Waals surface area (Å²) in [6.07, 6.45) is 5.87. The Morgan fingerprint density at radius 1 is 1.31 bits per heavy atom. The molecule has 2 aliphatic heterocycles. The van der Waals surface area contributed by atoms with E-state index < -0.39 is 17.7 Å². The summed E-state index contributed by atoms with van der Waals surface area (Å²) < 4.78 is 11.1. The van der Waals surface area contributed by atoms with Gasteiger partial charge in [-0.25, -0.2) is 4.79 Å². The van der Waals surface area contributed by atoms with E-state index in [0.29, 0.717) is 39.0 Å². The van der Waals surface area contributed by atoms with Gasteiger partial charge in [-0.05, 0) is 63.5 Å². The molecule has 2 atom stereocenters. The third-order valence-corrected chi connectivity index (χ3v) is 6.60. The number of carbonyl (C=O) groups excluding carboxylic acids is 2. The Balaban J connectivity index is 0.00000432. The third-order valence-electron chi connectivity index (χ3n) is 6.60. The Morgan fingerprint density at radius 3 is 2.63 bits per heavy atom. The highest BCUT2D eigenvalue weighted by Gasteiger charge is 2.39. The van der Waals surface area contributed by atoms with Crippen LogP contribution < -0.4 is 16.0 Å². The van der Waals surface area contributed by atoms with Crippen LogP contribution in [0.3, 0.4) is 0 Å². The summed E-state index contributed by atoms with van der Waals surface area (Å²) >= 11 is 0. The molecule has 3 aliphatic rings. The second kappa shape index (κ2) is 13.4. The number of carbonyl (C=O) groups is 2. The summed E-state index contributed by atoms with van der Waals surface area (Å²) in [5, 5.41) is 19.4. The maximum Gasteiger partial charge on any atom is 0.435 e. The molecular formula is C24H41ClN6O4. The van der Waals surface area contributed by atoms with Crippen molar-refractivity contribution >= 4 is 30.7 Å². The van der Waals surface area contributed by atoms with E-state index in [-0.39, 0.29) is 36.0 Å². The first-order valence-electron chi connectivity index (χ1n) is 12.5. The Hall–Kier alpha value is -1.93. The molecule has 2 saturated heterocycles. The van der Waals surface area contributed by atoms with Crippen LogP contribution in [-0.2, 0) is 14.3 Å². The molecule has 0 aromatic rings. The zero-order valence-electron chi connectivity index (χ0n) is 21.2. The molecule has 1 aliphatic carbocycles. The number of ether oxygens (including phenoxy) is 2. The van der Waals surface area contributed by atoms with Gasteiger partial charge in [0, 0.05) is 6.54 Å². The van der Waals surface area contributed by atoms with Crippen LogP contribution in [0.5, 0.6) is 0 Å². The van der Waals surface area contributed by atoms with Crippen LogP contribution in [0.1, 0.15) is 65.7 Å². The molecule has 10 nitrogen and oxygen atoms in total. The van der Waals surface area contributed by atoms with Crippen molar-refractivity contribution < 1.29 is 19.1 Å². The number of hydrogen-bond donors (Lipinski definition) is 3. The van der Waals surface area contributed by atoms with Gasteiger partial charge >= 0.3 is 6.09 Å². The number of halogens is 1. The second-order valence-electron chi connectivity index (χ2n) is 10.8. The fraction of sp³-hybridized carbons (Fsp3) is 0.833. The lowest BCUT2D eigenvalue weighted by atomic mass is 9.87. The van der Waals surface area contributed by atoms with E-state index in [1.807, 2.05) is 4.90 Å². The molecule has 2 heterocycles. The quantitative estimate of drug-likeness (QED) is 0.350. The van der Waals surface area contributed by atoms with Gasteiger partial charge in [-0.3, -0.25) is 10.1 Å². The molecule has 11 heteroatoms. The largest absolute Gasteiger partial charge is 0.444 e. The summed E-state index contributed by atoms with van der Waals surface area (Å²) in [6.45, 7) is 9.30. The summed E-state index contributed by atoms with van der Waals surface area (Å²) in [4.78, 5) is 31.4. The number of nitriles is 1. The van der Waals surface area contributed by atoms with Crippen molar-refractivity contribution in [2.75, 3.05) is 32.8 Å². The van der Waals surface area contributed by atoms with Crippen molar-refractivity contribution in [1.82, 2.24) is 20.9 Å². The van der Waals surface area contributed by atoms with Crippen LogP contribution in [0, 0.1) is 16.7 Å². The monoisotopic (exact) mass is 512 g/mol. The van der Waals surface area contributed by atoms with Gasteiger partial charge in [0.1, 0.15) is 17.8 Å². The van der Waals surface area contributed by atoms with Crippen LogP contribution >= 0.6 is 12.4 Å². The molecule has 2 amide bonds. The van der Waals surface area contributed by atoms with E-state index in [1.165, 1.54) is 6.34 Å². The zero-order valence-corrected chi connectivity index (χ0v) is 22.0. The molecule has 1 saturated carbocycles. The van der Waals surface area contributed by atoms with E-state index >= 15 is 0 Å². The lowest BCUT2D eigenvalue weighted by Gasteiger charge is -2.38. The fourth-order valence-corrected chi connectivity index (χ4v) is 4.74. The van der Waals surface area contributed by atoms with Crippen LogP contribution in [0.25, 0.3) is 0 Å². The average molecular weight is 513 g/mol. The number of nitrogens with zero attached hydrogens (tertiary/aromatic N) is 3. The maximum atomic E-state index is 13.3. The van der Waals surface area contributed by atoms with Gasteiger partial charge in [0.2, 0.25) is 5.91 Å². The number of piperidine rings is 1. The molecule has 0 radical (unpaired) electrons. The Morgan fingerprint density at radius 2 is 2.00 bits per heavy atom. The van der Waals surface area contributed by atoms with Crippen molar-refractivity contribution in [2.45, 2.75) is 89.6 Å². The molecule has 0 bridgehead atoms. The minimum atomic E-state index is -0.780. The molecule has 3 rings (SSSR count). The minimum absolute atomic E-state index is 0. The number of morpholine rings is 1. The molecule has 3 fully saturated rings. The van der Waals surface area contributed by atoms with Crippen molar-refractivity contribution in [3.05, 3.63) is 0 Å². The summed E-state index contributed by atoms with van der Waals surface area (Å²) in [5.74, 6) is -0.175. The standard InChI is InChI=1S/C24H40N6O4.ClH/c1-23(2,3)14-19(21(31)29-24(16-25)8-4-5-9-24)28-20-15-33-13-12-30(20)17-27-22(32)34-18-6-10-26-11-7-18;/h17-20,26,28H,4-15H2,1-3H3,(H,29,31);1H. The van der Waals surface area contributed by atoms with E-state index in [1.54, 1.807) is 0 Å². The van der Waals surface area contributed by atoms with Gasteiger partial charge in [-0.2, -0.15) is 10.3 Å². The molecule has 0 spiro atoms. The van der Waals surface area contributed by atoms with Crippen LogP contribution in [0.15, 0.2) is 4.99 Å². The molecular weight excluding hydrogens is 472 g/mol. The van der Waals surface area contributed by atoms with E-state index in [0.717, 1.165) is 38.8 Å². The van der Waals surface area contributed by atoms with Crippen molar-refractivity contribution in [3.8, 4) is 6.07 Å². The first kappa shape index (κ1) is 29.3. The second-order valence-corrected chi connectivity index (χ2v) is 10.8. The number of amides is 2. The highest BCUT2D eigenvalue weighted by Crippen LogP contribution is 2.30. The molecule has 35 heavy (non-hydrogen) atoms. The predicted octanol–water partition coefficient (Wildman–Crippen LogP) is 2.33. The van der Waals surface area contributed by atoms with Gasteiger partial charge in [0.15, 0.2) is 0 Å². The van der Waals surface area contributed by atoms with Crippen LogP contribution in [-0.4, -0.2) is 79.9 Å². The van der Waals surface area contributed by atoms with Crippen LogP contribution in [0.2, 0.25) is 0 Å². The smallest absolute Gasteiger partial charge is 0.435 e. The van der Waals surface area contributed by atoms with Gasteiger partial charge in [0.25, 0.3) is 0 Å². The molecule has 0 aromatic carbocycles. The normalized spacial score (nSPS) is 23.8. The Kier molecular flexibility index (Phi) is 11.2. The number of nitrogens with one attached hydrogen (secondary N) is 3. The Bertz CT molecular complexity index is 769. The highest BCUT2D eigenvalue weighted by molar-refractivity contribution is 5.85. The van der Waals surface area contributed by atoms with Gasteiger partial charge in [-0.15, -0.1) is 12.4 Å². The molecule has 198 valence electrons. The van der Waals surface area contributed by atoms with Gasteiger partial charge < -0.3 is 25.0 Å². The first-order valence-corrected chi connectivity index (χ1v) is 12.5. The van der Waals surface area contributed by atoms with Crippen molar-refractivity contribution in [3.63, 3.8) is 0 Å².